The van der Waals surface area contributed by atoms with Crippen LogP contribution in [0.3, 0.4) is 0 Å². The van der Waals surface area contributed by atoms with Gasteiger partial charge in [-0.05, 0) is 49.2 Å². The Hall–Kier alpha value is -2.74. The zero-order valence-electron chi connectivity index (χ0n) is 14.9. The van der Waals surface area contributed by atoms with Crippen LogP contribution in [0.1, 0.15) is 25.0 Å². The summed E-state index contributed by atoms with van der Waals surface area (Å²) in [5.41, 5.74) is 3.71. The predicted molar refractivity (Wildman–Crippen MR) is 105 cm³/mol. The molecule has 3 aromatic carbocycles. The van der Waals surface area contributed by atoms with Crippen molar-refractivity contribution in [3.05, 3.63) is 96.1 Å². The Bertz CT molecular complexity index is 751. The number of anilines is 1. The molecule has 0 fully saturated rings. The molecule has 0 amide bonds. The lowest BCUT2D eigenvalue weighted by Crippen LogP contribution is -2.30. The summed E-state index contributed by atoms with van der Waals surface area (Å²) in [6.45, 7) is 5.95. The van der Waals surface area contributed by atoms with Crippen molar-refractivity contribution in [3.8, 4) is 5.75 Å². The zero-order valence-corrected chi connectivity index (χ0v) is 14.9. The molecule has 0 N–H and O–H groups in total. The maximum absolute atomic E-state index is 5.89. The molecule has 2 heteroatoms. The lowest BCUT2D eigenvalue weighted by molar-refractivity contribution is 0.306. The minimum atomic E-state index is 0.427. The monoisotopic (exact) mass is 331 g/mol. The quantitative estimate of drug-likeness (QED) is 0.552. The molecule has 0 bridgehead atoms. The molecule has 0 heterocycles. The van der Waals surface area contributed by atoms with Gasteiger partial charge < -0.3 is 9.64 Å². The SMILES string of the molecule is CC(C)N(Cc1ccccc1)c1ccc(OCc2ccccc2)cc1. The number of hydrogen-bond donors (Lipinski definition) is 0. The smallest absolute Gasteiger partial charge is 0.119 e. The third-order valence-electron chi connectivity index (χ3n) is 4.24. The van der Waals surface area contributed by atoms with Crippen LogP contribution in [-0.4, -0.2) is 6.04 Å². The van der Waals surface area contributed by atoms with E-state index in [1.165, 1.54) is 16.8 Å². The minimum absolute atomic E-state index is 0.427. The van der Waals surface area contributed by atoms with Crippen molar-refractivity contribution < 1.29 is 4.74 Å². The van der Waals surface area contributed by atoms with E-state index in [2.05, 4.69) is 85.5 Å². The Morgan fingerprint density at radius 3 is 1.84 bits per heavy atom. The van der Waals surface area contributed by atoms with Crippen molar-refractivity contribution in [2.45, 2.75) is 33.0 Å². The molecule has 128 valence electrons. The third-order valence-corrected chi connectivity index (χ3v) is 4.24. The van der Waals surface area contributed by atoms with Crippen molar-refractivity contribution in [1.82, 2.24) is 0 Å². The largest absolute Gasteiger partial charge is 0.489 e. The summed E-state index contributed by atoms with van der Waals surface area (Å²) < 4.78 is 5.89. The van der Waals surface area contributed by atoms with E-state index in [9.17, 15) is 0 Å². The van der Waals surface area contributed by atoms with Gasteiger partial charge in [0.1, 0.15) is 12.4 Å². The van der Waals surface area contributed by atoms with Gasteiger partial charge >= 0.3 is 0 Å². The van der Waals surface area contributed by atoms with E-state index in [1.54, 1.807) is 0 Å². The standard InChI is InChI=1S/C23H25NO/c1-19(2)24(17-20-9-5-3-6-10-20)22-13-15-23(16-14-22)25-18-21-11-7-4-8-12-21/h3-16,19H,17-18H2,1-2H3. The molecule has 0 spiro atoms. The summed E-state index contributed by atoms with van der Waals surface area (Å²) in [5.74, 6) is 0.899. The first-order chi connectivity index (χ1) is 12.2. The van der Waals surface area contributed by atoms with E-state index in [4.69, 9.17) is 4.74 Å². The topological polar surface area (TPSA) is 12.5 Å². The second-order valence-electron chi connectivity index (χ2n) is 6.48. The van der Waals surface area contributed by atoms with Crippen molar-refractivity contribution in [1.29, 1.82) is 0 Å². The molecular weight excluding hydrogens is 306 g/mol. The average Bonchev–Trinajstić information content (AvgIpc) is 2.66. The Labute approximate surface area is 150 Å². The van der Waals surface area contributed by atoms with Crippen LogP contribution in [0.5, 0.6) is 5.75 Å². The summed E-state index contributed by atoms with van der Waals surface area (Å²) in [6, 6.07) is 29.7. The number of nitrogens with zero attached hydrogens (tertiary/aromatic N) is 1. The molecule has 0 aliphatic rings. The van der Waals surface area contributed by atoms with Crippen LogP contribution >= 0.6 is 0 Å². The Morgan fingerprint density at radius 2 is 1.28 bits per heavy atom. The Balaban J connectivity index is 1.66. The highest BCUT2D eigenvalue weighted by Crippen LogP contribution is 2.24. The molecule has 3 aromatic rings. The highest BCUT2D eigenvalue weighted by molar-refractivity contribution is 5.50. The number of rotatable bonds is 7. The van der Waals surface area contributed by atoms with Crippen LogP contribution in [0.2, 0.25) is 0 Å². The number of hydrogen-bond acceptors (Lipinski definition) is 2. The second kappa shape index (κ2) is 8.39. The predicted octanol–water partition coefficient (Wildman–Crippen LogP) is 5.68. The van der Waals surface area contributed by atoms with Gasteiger partial charge in [0.25, 0.3) is 0 Å². The van der Waals surface area contributed by atoms with Gasteiger partial charge in [-0.15, -0.1) is 0 Å². The van der Waals surface area contributed by atoms with E-state index in [0.29, 0.717) is 12.6 Å². The van der Waals surface area contributed by atoms with E-state index >= 15 is 0 Å². The van der Waals surface area contributed by atoms with Gasteiger partial charge in [0.15, 0.2) is 0 Å². The lowest BCUT2D eigenvalue weighted by Gasteiger charge is -2.29. The van der Waals surface area contributed by atoms with Crippen molar-refractivity contribution in [2.75, 3.05) is 4.90 Å². The molecule has 0 unspecified atom stereocenters. The molecule has 0 aromatic heterocycles. The lowest BCUT2D eigenvalue weighted by atomic mass is 10.1. The summed E-state index contributed by atoms with van der Waals surface area (Å²) in [7, 11) is 0. The molecule has 3 rings (SSSR count). The molecule has 2 nitrogen and oxygen atoms in total. The van der Waals surface area contributed by atoms with Gasteiger partial charge in [-0.3, -0.25) is 0 Å². The molecule has 0 saturated carbocycles. The van der Waals surface area contributed by atoms with Crippen LogP contribution in [0.15, 0.2) is 84.9 Å². The van der Waals surface area contributed by atoms with Gasteiger partial charge in [-0.25, -0.2) is 0 Å². The van der Waals surface area contributed by atoms with Crippen molar-refractivity contribution >= 4 is 5.69 Å². The number of benzene rings is 3. The Morgan fingerprint density at radius 1 is 0.720 bits per heavy atom. The normalized spacial score (nSPS) is 10.7. The molecule has 0 aliphatic carbocycles. The van der Waals surface area contributed by atoms with Gasteiger partial charge in [0, 0.05) is 18.3 Å². The maximum Gasteiger partial charge on any atom is 0.119 e. The molecule has 0 aliphatic heterocycles. The highest BCUT2D eigenvalue weighted by Gasteiger charge is 2.11. The van der Waals surface area contributed by atoms with E-state index in [0.717, 1.165) is 12.3 Å². The molecule has 0 radical (unpaired) electrons. The minimum Gasteiger partial charge on any atom is -0.489 e. The van der Waals surface area contributed by atoms with Crippen LogP contribution in [0.25, 0.3) is 0 Å². The van der Waals surface area contributed by atoms with Crippen LogP contribution in [-0.2, 0) is 13.2 Å². The molecular formula is C23H25NO. The van der Waals surface area contributed by atoms with Crippen molar-refractivity contribution in [2.24, 2.45) is 0 Å². The zero-order chi connectivity index (χ0) is 17.5. The first kappa shape index (κ1) is 17.1. The summed E-state index contributed by atoms with van der Waals surface area (Å²) in [6.07, 6.45) is 0. The summed E-state index contributed by atoms with van der Waals surface area (Å²) >= 11 is 0. The molecule has 0 saturated heterocycles. The average molecular weight is 331 g/mol. The first-order valence-corrected chi connectivity index (χ1v) is 8.80. The fourth-order valence-corrected chi connectivity index (χ4v) is 2.83. The molecule has 25 heavy (non-hydrogen) atoms. The summed E-state index contributed by atoms with van der Waals surface area (Å²) in [5, 5.41) is 0. The molecule has 0 atom stereocenters. The van der Waals surface area contributed by atoms with E-state index in [-0.39, 0.29) is 0 Å². The van der Waals surface area contributed by atoms with E-state index in [1.807, 2.05) is 18.2 Å². The fraction of sp³-hybridized carbons (Fsp3) is 0.217. The van der Waals surface area contributed by atoms with Crippen molar-refractivity contribution in [3.63, 3.8) is 0 Å². The third kappa shape index (κ3) is 4.87. The Kier molecular flexibility index (Phi) is 5.73. The maximum atomic E-state index is 5.89. The van der Waals surface area contributed by atoms with Crippen LogP contribution < -0.4 is 9.64 Å². The summed E-state index contributed by atoms with van der Waals surface area (Å²) in [4.78, 5) is 2.40. The highest BCUT2D eigenvalue weighted by atomic mass is 16.5. The van der Waals surface area contributed by atoms with Gasteiger partial charge in [-0.1, -0.05) is 60.7 Å². The fourth-order valence-electron chi connectivity index (χ4n) is 2.83. The van der Waals surface area contributed by atoms with E-state index < -0.39 is 0 Å². The first-order valence-electron chi connectivity index (χ1n) is 8.80. The van der Waals surface area contributed by atoms with Gasteiger partial charge in [0.2, 0.25) is 0 Å². The number of ether oxygens (including phenoxy) is 1. The van der Waals surface area contributed by atoms with Gasteiger partial charge in [-0.2, -0.15) is 0 Å². The second-order valence-corrected chi connectivity index (χ2v) is 6.48. The van der Waals surface area contributed by atoms with Crippen LogP contribution in [0, 0.1) is 0 Å². The van der Waals surface area contributed by atoms with Crippen LogP contribution in [0.4, 0.5) is 5.69 Å². The van der Waals surface area contributed by atoms with Gasteiger partial charge in [0.05, 0.1) is 0 Å².